The molecule has 2 heterocycles. The van der Waals surface area contributed by atoms with Crippen LogP contribution < -0.4 is 5.73 Å². The molecule has 0 aromatic carbocycles. The second-order valence-corrected chi connectivity index (χ2v) is 4.39. The summed E-state index contributed by atoms with van der Waals surface area (Å²) in [6.45, 7) is 4.82. The van der Waals surface area contributed by atoms with Gasteiger partial charge >= 0.3 is 0 Å². The Morgan fingerprint density at radius 1 is 1.64 bits per heavy atom. The van der Waals surface area contributed by atoms with Crippen LogP contribution in [0.2, 0.25) is 0 Å². The van der Waals surface area contributed by atoms with Gasteiger partial charge in [-0.2, -0.15) is 0 Å². The van der Waals surface area contributed by atoms with Crippen molar-refractivity contribution in [3.05, 3.63) is 11.6 Å². The van der Waals surface area contributed by atoms with Crippen molar-refractivity contribution in [3.8, 4) is 0 Å². The first-order valence-corrected chi connectivity index (χ1v) is 5.38. The quantitative estimate of drug-likeness (QED) is 0.664. The number of amides is 1. The van der Waals surface area contributed by atoms with Crippen molar-refractivity contribution in [1.29, 1.82) is 0 Å². The maximum atomic E-state index is 11.9. The van der Waals surface area contributed by atoms with E-state index in [1.54, 1.807) is 0 Å². The second kappa shape index (κ2) is 3.39. The van der Waals surface area contributed by atoms with Crippen LogP contribution in [0.15, 0.2) is 11.6 Å². The Morgan fingerprint density at radius 3 is 2.79 bits per heavy atom. The van der Waals surface area contributed by atoms with Crippen LogP contribution in [0.3, 0.4) is 0 Å². The molecule has 1 amide bonds. The van der Waals surface area contributed by atoms with Crippen molar-refractivity contribution >= 4 is 5.91 Å². The first-order valence-electron chi connectivity index (χ1n) is 5.38. The van der Waals surface area contributed by atoms with Gasteiger partial charge in [0.2, 0.25) is 5.91 Å². The molecule has 0 radical (unpaired) electrons. The molecule has 78 valence electrons. The Labute approximate surface area is 84.9 Å². The summed E-state index contributed by atoms with van der Waals surface area (Å²) in [5.41, 5.74) is 6.78. The Balaban J connectivity index is 2.04. The monoisotopic (exact) mass is 194 g/mol. The van der Waals surface area contributed by atoms with Gasteiger partial charge in [-0.15, -0.1) is 0 Å². The summed E-state index contributed by atoms with van der Waals surface area (Å²) in [5.74, 6) is 0.755. The van der Waals surface area contributed by atoms with Crippen LogP contribution in [-0.4, -0.2) is 29.4 Å². The van der Waals surface area contributed by atoms with Gasteiger partial charge < -0.3 is 10.6 Å². The first-order chi connectivity index (χ1) is 6.65. The third-order valence-corrected chi connectivity index (χ3v) is 3.47. The molecule has 14 heavy (non-hydrogen) atoms. The van der Waals surface area contributed by atoms with Crippen molar-refractivity contribution in [1.82, 2.24) is 4.90 Å². The smallest absolute Gasteiger partial charge is 0.249 e. The van der Waals surface area contributed by atoms with E-state index in [2.05, 4.69) is 0 Å². The highest BCUT2D eigenvalue weighted by atomic mass is 16.2. The molecule has 1 aliphatic carbocycles. The highest BCUT2D eigenvalue weighted by molar-refractivity contribution is 5.93. The van der Waals surface area contributed by atoms with Crippen LogP contribution in [0.25, 0.3) is 0 Å². The first kappa shape index (κ1) is 9.71. The van der Waals surface area contributed by atoms with Crippen molar-refractivity contribution in [2.75, 3.05) is 6.54 Å². The van der Waals surface area contributed by atoms with Gasteiger partial charge in [-0.05, 0) is 25.7 Å². The molecule has 3 nitrogen and oxygen atoms in total. The maximum absolute atomic E-state index is 11.9. The van der Waals surface area contributed by atoms with E-state index in [0.29, 0.717) is 12.0 Å². The minimum Gasteiger partial charge on any atom is -0.334 e. The van der Waals surface area contributed by atoms with E-state index in [1.165, 1.54) is 0 Å². The predicted octanol–water partition coefficient (Wildman–Crippen LogP) is 0.901. The standard InChI is InChI=1S/C11H18N2O/c1-3-4-7(2)11(14)13-6-8-5-9(13)10(8)12/h4,8-10H,3,5-6,12H2,1-2H3/b7-4-. The number of allylic oxidation sites excluding steroid dienone is 1. The molecule has 3 unspecified atom stereocenters. The molecule has 2 N–H and O–H groups in total. The number of carbonyl (C=O) groups excluding carboxylic acids is 1. The van der Waals surface area contributed by atoms with Crippen LogP contribution in [-0.2, 0) is 4.79 Å². The minimum absolute atomic E-state index is 0.187. The number of hydrogen-bond donors (Lipinski definition) is 1. The zero-order valence-electron chi connectivity index (χ0n) is 8.86. The molecule has 3 rings (SSSR count). The lowest BCUT2D eigenvalue weighted by Gasteiger charge is -2.33. The van der Waals surface area contributed by atoms with Crippen molar-refractivity contribution in [2.24, 2.45) is 11.7 Å². The van der Waals surface area contributed by atoms with Crippen LogP contribution in [0.5, 0.6) is 0 Å². The number of nitrogens with two attached hydrogens (primary N) is 1. The van der Waals surface area contributed by atoms with Gasteiger partial charge in [-0.25, -0.2) is 0 Å². The Kier molecular flexibility index (Phi) is 2.35. The molecule has 0 aromatic rings. The Bertz CT molecular complexity index is 285. The molecule has 3 fully saturated rings. The SMILES string of the molecule is CC/C=C(/C)C(=O)N1CC2CC1C2N. The van der Waals surface area contributed by atoms with Crippen LogP contribution >= 0.6 is 0 Å². The summed E-state index contributed by atoms with van der Waals surface area (Å²) in [6, 6.07) is 0.570. The molecular formula is C11H18N2O. The molecule has 3 heteroatoms. The minimum atomic E-state index is 0.187. The van der Waals surface area contributed by atoms with Gasteiger partial charge in [-0.1, -0.05) is 13.0 Å². The number of fused-ring (bicyclic) bond motifs is 1. The summed E-state index contributed by atoms with van der Waals surface area (Å²) in [5, 5.41) is 0. The van der Waals surface area contributed by atoms with E-state index in [-0.39, 0.29) is 11.9 Å². The molecule has 2 saturated heterocycles. The average molecular weight is 194 g/mol. The topological polar surface area (TPSA) is 46.3 Å². The number of rotatable bonds is 2. The predicted molar refractivity (Wildman–Crippen MR) is 55.6 cm³/mol. The third-order valence-electron chi connectivity index (χ3n) is 3.47. The highest BCUT2D eigenvalue weighted by Crippen LogP contribution is 2.40. The summed E-state index contributed by atoms with van der Waals surface area (Å²) in [4.78, 5) is 13.9. The second-order valence-electron chi connectivity index (χ2n) is 4.39. The normalized spacial score (nSPS) is 35.8. The summed E-state index contributed by atoms with van der Waals surface area (Å²) in [7, 11) is 0. The molecule has 3 atom stereocenters. The fourth-order valence-electron chi connectivity index (χ4n) is 2.52. The Hall–Kier alpha value is -0.830. The van der Waals surface area contributed by atoms with Gasteiger partial charge in [0.05, 0.1) is 0 Å². The molecule has 0 spiro atoms. The van der Waals surface area contributed by atoms with E-state index < -0.39 is 0 Å². The zero-order chi connectivity index (χ0) is 10.3. The summed E-state index contributed by atoms with van der Waals surface area (Å²) < 4.78 is 0. The van der Waals surface area contributed by atoms with Gasteiger partial charge in [0.25, 0.3) is 0 Å². The molecule has 3 aliphatic rings. The van der Waals surface area contributed by atoms with Crippen LogP contribution in [0.4, 0.5) is 0 Å². The van der Waals surface area contributed by atoms with Crippen molar-refractivity contribution in [3.63, 3.8) is 0 Å². The molecular weight excluding hydrogens is 176 g/mol. The van der Waals surface area contributed by atoms with Crippen LogP contribution in [0.1, 0.15) is 26.7 Å². The molecule has 2 aliphatic heterocycles. The van der Waals surface area contributed by atoms with E-state index >= 15 is 0 Å². The summed E-state index contributed by atoms with van der Waals surface area (Å²) in [6.07, 6.45) is 4.03. The average Bonchev–Trinajstić information content (AvgIpc) is 2.73. The van der Waals surface area contributed by atoms with Gasteiger partial charge in [0.15, 0.2) is 0 Å². The fourth-order valence-corrected chi connectivity index (χ4v) is 2.52. The lowest BCUT2D eigenvalue weighted by molar-refractivity contribution is -0.127. The maximum Gasteiger partial charge on any atom is 0.249 e. The molecule has 2 bridgehead atoms. The Morgan fingerprint density at radius 2 is 2.36 bits per heavy atom. The van der Waals surface area contributed by atoms with Gasteiger partial charge in [0.1, 0.15) is 0 Å². The number of carbonyl (C=O) groups is 1. The van der Waals surface area contributed by atoms with Crippen LogP contribution in [0, 0.1) is 5.92 Å². The van der Waals surface area contributed by atoms with E-state index in [1.807, 2.05) is 24.8 Å². The van der Waals surface area contributed by atoms with Crippen molar-refractivity contribution in [2.45, 2.75) is 38.8 Å². The van der Waals surface area contributed by atoms with Gasteiger partial charge in [0, 0.05) is 24.2 Å². The van der Waals surface area contributed by atoms with Crippen molar-refractivity contribution < 1.29 is 4.79 Å². The molecule has 0 aromatic heterocycles. The number of hydrogen-bond acceptors (Lipinski definition) is 2. The zero-order valence-corrected chi connectivity index (χ0v) is 8.86. The highest BCUT2D eigenvalue weighted by Gasteiger charge is 2.51. The van der Waals surface area contributed by atoms with E-state index in [9.17, 15) is 4.79 Å². The fraction of sp³-hybridized carbons (Fsp3) is 0.727. The summed E-state index contributed by atoms with van der Waals surface area (Å²) >= 11 is 0. The van der Waals surface area contributed by atoms with Gasteiger partial charge in [-0.3, -0.25) is 4.79 Å². The third kappa shape index (κ3) is 1.27. The largest absolute Gasteiger partial charge is 0.334 e. The lowest BCUT2D eigenvalue weighted by Crippen LogP contribution is -2.50. The van der Waals surface area contributed by atoms with E-state index in [4.69, 9.17) is 5.73 Å². The molecule has 1 saturated carbocycles. The lowest BCUT2D eigenvalue weighted by atomic mass is 9.81. The van der Waals surface area contributed by atoms with E-state index in [0.717, 1.165) is 25.0 Å². The number of nitrogens with zero attached hydrogens (tertiary/aromatic N) is 1.